The molecule has 0 atom stereocenters. The molecule has 0 fully saturated rings. The van der Waals surface area contributed by atoms with Crippen molar-refractivity contribution in [3.05, 3.63) is 160 Å². The summed E-state index contributed by atoms with van der Waals surface area (Å²) in [7, 11) is 0. The second kappa shape index (κ2) is 14.2. The molecule has 0 saturated carbocycles. The van der Waals surface area contributed by atoms with Gasteiger partial charge in [-0.2, -0.15) is 0 Å². The first kappa shape index (κ1) is 28.0. The minimum atomic E-state index is -0.510. The lowest BCUT2D eigenvalue weighted by atomic mass is 10.1. The number of ether oxygens (including phenoxy) is 4. The first-order chi connectivity index (χ1) is 20.2. The molecule has 5 aromatic rings. The van der Waals surface area contributed by atoms with Gasteiger partial charge in [0, 0.05) is 0 Å². The van der Waals surface area contributed by atoms with Crippen molar-refractivity contribution in [2.45, 2.75) is 26.4 Å². The van der Waals surface area contributed by atoms with E-state index in [9.17, 15) is 4.79 Å². The van der Waals surface area contributed by atoms with Crippen LogP contribution in [0.1, 0.15) is 32.6 Å². The molecule has 5 nitrogen and oxygen atoms in total. The Kier molecular flexibility index (Phi) is 9.69. The van der Waals surface area contributed by atoms with Crippen LogP contribution < -0.4 is 14.2 Å². The number of hydrogen-bond donors (Lipinski definition) is 0. The van der Waals surface area contributed by atoms with Crippen molar-refractivity contribution in [1.82, 2.24) is 0 Å². The number of hydrogen-bond acceptors (Lipinski definition) is 5. The number of carbonyl (C=O) groups excluding carboxylic acids is 1. The molecular weight excluding hydrogens is 580 g/mol. The molecule has 5 rings (SSSR count). The summed E-state index contributed by atoms with van der Waals surface area (Å²) in [5.74, 6) is 0.626. The minimum absolute atomic E-state index is 0.138. The summed E-state index contributed by atoms with van der Waals surface area (Å²) in [6.45, 7) is 0.968. The fourth-order valence-electron chi connectivity index (χ4n) is 4.11. The van der Waals surface area contributed by atoms with Gasteiger partial charge in [-0.25, -0.2) is 4.79 Å². The average Bonchev–Trinajstić information content (AvgIpc) is 3.03. The molecule has 206 valence electrons. The van der Waals surface area contributed by atoms with Gasteiger partial charge >= 0.3 is 5.97 Å². The smallest absolute Gasteiger partial charge is 0.339 e. The lowest BCUT2D eigenvalue weighted by Gasteiger charge is -2.20. The van der Waals surface area contributed by atoms with Crippen molar-refractivity contribution in [1.29, 1.82) is 0 Å². The molecule has 0 N–H and O–H groups in total. The van der Waals surface area contributed by atoms with Gasteiger partial charge in [0.05, 0.1) is 10.0 Å². The van der Waals surface area contributed by atoms with Crippen LogP contribution in [0.15, 0.2) is 132 Å². The number of carbonyl (C=O) groups is 1. The van der Waals surface area contributed by atoms with E-state index in [1.54, 1.807) is 6.07 Å². The van der Waals surface area contributed by atoms with E-state index < -0.39 is 5.97 Å². The highest BCUT2D eigenvalue weighted by Gasteiger charge is 2.26. The molecule has 0 aromatic heterocycles. The molecule has 0 radical (unpaired) electrons. The zero-order chi connectivity index (χ0) is 28.3. The van der Waals surface area contributed by atoms with Crippen molar-refractivity contribution in [3.63, 3.8) is 0 Å². The highest BCUT2D eigenvalue weighted by Crippen LogP contribution is 2.46. The Morgan fingerprint density at radius 2 is 0.902 bits per heavy atom. The first-order valence-electron chi connectivity index (χ1n) is 13.2. The SMILES string of the molecule is O=C(OCc1ccccc1)c1cc(OCc2ccccc2)c(OCc2ccccc2)c(OCc2ccccc2)c1Br. The van der Waals surface area contributed by atoms with Crippen LogP contribution in [0.2, 0.25) is 0 Å². The van der Waals surface area contributed by atoms with Crippen LogP contribution in [0.5, 0.6) is 17.2 Å². The maximum atomic E-state index is 13.4. The summed E-state index contributed by atoms with van der Waals surface area (Å²) < 4.78 is 25.1. The lowest BCUT2D eigenvalue weighted by molar-refractivity contribution is 0.0470. The molecule has 0 heterocycles. The summed E-state index contributed by atoms with van der Waals surface area (Å²) in [6, 6.07) is 40.7. The van der Waals surface area contributed by atoms with E-state index in [2.05, 4.69) is 15.9 Å². The van der Waals surface area contributed by atoms with Crippen LogP contribution in [0.4, 0.5) is 0 Å². The highest BCUT2D eigenvalue weighted by molar-refractivity contribution is 9.10. The molecule has 0 aliphatic heterocycles. The van der Waals surface area contributed by atoms with Gasteiger partial charge in [0.25, 0.3) is 0 Å². The van der Waals surface area contributed by atoms with Gasteiger partial charge in [0.1, 0.15) is 26.4 Å². The van der Waals surface area contributed by atoms with Gasteiger partial charge in [0.2, 0.25) is 5.75 Å². The highest BCUT2D eigenvalue weighted by atomic mass is 79.9. The third-order valence-electron chi connectivity index (χ3n) is 6.26. The third-order valence-corrected chi connectivity index (χ3v) is 7.05. The standard InChI is InChI=1S/C35H29BrO5/c36-32-30(35(37)41-25-29-19-11-4-12-20-29)21-31(38-22-26-13-5-1-6-14-26)33(39-23-27-15-7-2-8-16-27)34(32)40-24-28-17-9-3-10-18-28/h1-21H,22-25H2. The van der Waals surface area contributed by atoms with E-state index >= 15 is 0 Å². The number of halogens is 1. The monoisotopic (exact) mass is 608 g/mol. The molecule has 0 saturated heterocycles. The van der Waals surface area contributed by atoms with Crippen LogP contribution >= 0.6 is 15.9 Å². The zero-order valence-electron chi connectivity index (χ0n) is 22.4. The van der Waals surface area contributed by atoms with Gasteiger partial charge in [-0.3, -0.25) is 0 Å². The molecule has 0 unspecified atom stereocenters. The fraction of sp³-hybridized carbons (Fsp3) is 0.114. The Morgan fingerprint density at radius 3 is 1.37 bits per heavy atom. The number of rotatable bonds is 12. The van der Waals surface area contributed by atoms with Gasteiger partial charge in [-0.05, 0) is 44.3 Å². The summed E-state index contributed by atoms with van der Waals surface area (Å²) in [5.41, 5.74) is 4.10. The van der Waals surface area contributed by atoms with Crippen molar-refractivity contribution in [2.24, 2.45) is 0 Å². The normalized spacial score (nSPS) is 10.6. The summed E-state index contributed by atoms with van der Waals surface area (Å²) in [4.78, 5) is 13.4. The quantitative estimate of drug-likeness (QED) is 0.133. The van der Waals surface area contributed by atoms with E-state index in [4.69, 9.17) is 18.9 Å². The minimum Gasteiger partial charge on any atom is -0.485 e. The number of benzene rings is 5. The van der Waals surface area contributed by atoms with Gasteiger partial charge in [-0.1, -0.05) is 121 Å². The Labute approximate surface area is 248 Å². The van der Waals surface area contributed by atoms with Crippen molar-refractivity contribution in [2.75, 3.05) is 0 Å². The van der Waals surface area contributed by atoms with E-state index in [-0.39, 0.29) is 32.0 Å². The topological polar surface area (TPSA) is 54.0 Å². The van der Waals surface area contributed by atoms with Gasteiger partial charge in [0.15, 0.2) is 11.5 Å². The second-order valence-corrected chi connectivity index (χ2v) is 10.1. The Morgan fingerprint density at radius 1 is 0.512 bits per heavy atom. The van der Waals surface area contributed by atoms with Crippen molar-refractivity contribution >= 4 is 21.9 Å². The Bertz CT molecular complexity index is 1540. The maximum Gasteiger partial charge on any atom is 0.339 e. The molecule has 0 aliphatic carbocycles. The first-order valence-corrected chi connectivity index (χ1v) is 14.0. The average molecular weight is 610 g/mol. The third kappa shape index (κ3) is 7.77. The molecule has 0 spiro atoms. The van der Waals surface area contributed by atoms with Gasteiger partial charge in [-0.15, -0.1) is 0 Å². The molecule has 6 heteroatoms. The maximum absolute atomic E-state index is 13.4. The predicted octanol–water partition coefficient (Wildman–Crippen LogP) is 8.54. The predicted molar refractivity (Wildman–Crippen MR) is 162 cm³/mol. The molecule has 0 aliphatic rings. The Balaban J connectivity index is 1.50. The number of esters is 1. The van der Waals surface area contributed by atoms with E-state index in [1.165, 1.54) is 0 Å². The molecule has 41 heavy (non-hydrogen) atoms. The van der Waals surface area contributed by atoms with Crippen LogP contribution in [-0.2, 0) is 31.2 Å². The fourth-order valence-corrected chi connectivity index (χ4v) is 4.68. The van der Waals surface area contributed by atoms with Gasteiger partial charge < -0.3 is 18.9 Å². The molecule has 0 bridgehead atoms. The van der Waals surface area contributed by atoms with Crippen LogP contribution in [0.3, 0.4) is 0 Å². The zero-order valence-corrected chi connectivity index (χ0v) is 24.0. The van der Waals surface area contributed by atoms with Crippen LogP contribution in [0, 0.1) is 0 Å². The van der Waals surface area contributed by atoms with Crippen molar-refractivity contribution < 1.29 is 23.7 Å². The molecule has 0 amide bonds. The van der Waals surface area contributed by atoms with Crippen molar-refractivity contribution in [3.8, 4) is 17.2 Å². The summed E-state index contributed by atoms with van der Waals surface area (Å²) in [6.07, 6.45) is 0. The van der Waals surface area contributed by atoms with E-state index in [0.717, 1.165) is 22.3 Å². The van der Waals surface area contributed by atoms with E-state index in [1.807, 2.05) is 121 Å². The Hall–Kier alpha value is -4.55. The van der Waals surface area contributed by atoms with Crippen LogP contribution in [-0.4, -0.2) is 5.97 Å². The summed E-state index contributed by atoms with van der Waals surface area (Å²) >= 11 is 3.63. The molecular formula is C35H29BrO5. The summed E-state index contributed by atoms with van der Waals surface area (Å²) in [5, 5.41) is 0. The van der Waals surface area contributed by atoms with E-state index in [0.29, 0.717) is 21.7 Å². The largest absolute Gasteiger partial charge is 0.485 e. The second-order valence-electron chi connectivity index (χ2n) is 9.28. The molecule has 5 aromatic carbocycles. The lowest BCUT2D eigenvalue weighted by Crippen LogP contribution is -2.10. The van der Waals surface area contributed by atoms with Crippen LogP contribution in [0.25, 0.3) is 0 Å².